The molecule has 0 aromatic rings. The minimum absolute atomic E-state index is 0.458. The summed E-state index contributed by atoms with van der Waals surface area (Å²) in [6.07, 6.45) is 3.91. The Morgan fingerprint density at radius 3 is 2.67 bits per heavy atom. The lowest BCUT2D eigenvalue weighted by Gasteiger charge is -2.19. The van der Waals surface area contributed by atoms with Crippen molar-refractivity contribution in [2.45, 2.75) is 39.2 Å². The van der Waals surface area contributed by atoms with Gasteiger partial charge in [0, 0.05) is 32.9 Å². The first-order valence-corrected chi connectivity index (χ1v) is 6.02. The first kappa shape index (κ1) is 12.9. The fourth-order valence-electron chi connectivity index (χ4n) is 1.82. The molecule has 0 aliphatic heterocycles. The molecule has 15 heavy (non-hydrogen) atoms. The number of methoxy groups -OCH3 is 1. The smallest absolute Gasteiger partial charge is 0.0613 e. The van der Waals surface area contributed by atoms with Gasteiger partial charge in [0.25, 0.3) is 0 Å². The summed E-state index contributed by atoms with van der Waals surface area (Å²) in [5.41, 5.74) is 0.539. The molecule has 1 unspecified atom stereocenters. The van der Waals surface area contributed by atoms with E-state index < -0.39 is 0 Å². The zero-order chi connectivity index (χ0) is 11.1. The second-order valence-corrected chi connectivity index (χ2v) is 4.68. The Hall–Kier alpha value is -0.120. The SMILES string of the molecule is CCOCCC1(CNC(C)COC)CC1. The van der Waals surface area contributed by atoms with Gasteiger partial charge in [-0.3, -0.25) is 0 Å². The van der Waals surface area contributed by atoms with Gasteiger partial charge in [-0.1, -0.05) is 0 Å². The molecule has 1 N–H and O–H groups in total. The van der Waals surface area contributed by atoms with Crippen molar-refractivity contribution in [2.24, 2.45) is 5.41 Å². The summed E-state index contributed by atoms with van der Waals surface area (Å²) in [4.78, 5) is 0. The largest absolute Gasteiger partial charge is 0.383 e. The Balaban J connectivity index is 2.08. The number of hydrogen-bond donors (Lipinski definition) is 1. The van der Waals surface area contributed by atoms with Gasteiger partial charge in [0.15, 0.2) is 0 Å². The number of nitrogens with one attached hydrogen (secondary N) is 1. The van der Waals surface area contributed by atoms with E-state index in [0.29, 0.717) is 11.5 Å². The second kappa shape index (κ2) is 6.46. The van der Waals surface area contributed by atoms with Crippen LogP contribution >= 0.6 is 0 Å². The molecular weight excluding hydrogens is 190 g/mol. The fraction of sp³-hybridized carbons (Fsp3) is 1.00. The third kappa shape index (κ3) is 4.96. The molecule has 0 amide bonds. The Morgan fingerprint density at radius 1 is 1.40 bits per heavy atom. The van der Waals surface area contributed by atoms with E-state index in [4.69, 9.17) is 9.47 Å². The van der Waals surface area contributed by atoms with Crippen molar-refractivity contribution >= 4 is 0 Å². The summed E-state index contributed by atoms with van der Waals surface area (Å²) < 4.78 is 10.5. The van der Waals surface area contributed by atoms with Gasteiger partial charge in [0.05, 0.1) is 6.61 Å². The van der Waals surface area contributed by atoms with E-state index in [-0.39, 0.29) is 0 Å². The molecular formula is C12H25NO2. The molecule has 1 atom stereocenters. The highest BCUT2D eigenvalue weighted by atomic mass is 16.5. The van der Waals surface area contributed by atoms with Crippen LogP contribution in [0.15, 0.2) is 0 Å². The van der Waals surface area contributed by atoms with Gasteiger partial charge in [-0.25, -0.2) is 0 Å². The normalized spacial score (nSPS) is 20.2. The topological polar surface area (TPSA) is 30.5 Å². The molecule has 3 heteroatoms. The zero-order valence-electron chi connectivity index (χ0n) is 10.3. The molecule has 0 bridgehead atoms. The van der Waals surface area contributed by atoms with Crippen LogP contribution in [0.3, 0.4) is 0 Å². The summed E-state index contributed by atoms with van der Waals surface area (Å²) in [6, 6.07) is 0.458. The number of hydrogen-bond acceptors (Lipinski definition) is 3. The average molecular weight is 215 g/mol. The molecule has 0 saturated heterocycles. The molecule has 1 saturated carbocycles. The van der Waals surface area contributed by atoms with Crippen LogP contribution < -0.4 is 5.32 Å². The molecule has 0 heterocycles. The maximum absolute atomic E-state index is 5.41. The van der Waals surface area contributed by atoms with Crippen molar-refractivity contribution in [1.29, 1.82) is 0 Å². The van der Waals surface area contributed by atoms with Crippen molar-refractivity contribution in [3.05, 3.63) is 0 Å². The quantitative estimate of drug-likeness (QED) is 0.595. The Kier molecular flexibility index (Phi) is 5.58. The van der Waals surface area contributed by atoms with Crippen molar-refractivity contribution in [1.82, 2.24) is 5.32 Å². The highest BCUT2D eigenvalue weighted by molar-refractivity contribution is 4.95. The van der Waals surface area contributed by atoms with Crippen molar-refractivity contribution in [2.75, 3.05) is 33.5 Å². The van der Waals surface area contributed by atoms with E-state index in [2.05, 4.69) is 19.2 Å². The van der Waals surface area contributed by atoms with Gasteiger partial charge in [-0.2, -0.15) is 0 Å². The summed E-state index contributed by atoms with van der Waals surface area (Å²) in [6.45, 7) is 7.88. The molecule has 1 rings (SSSR count). The highest BCUT2D eigenvalue weighted by Gasteiger charge is 2.41. The number of ether oxygens (including phenoxy) is 2. The summed E-state index contributed by atoms with van der Waals surface area (Å²) in [5, 5.41) is 3.53. The van der Waals surface area contributed by atoms with Crippen LogP contribution in [0.5, 0.6) is 0 Å². The molecule has 1 aliphatic carbocycles. The lowest BCUT2D eigenvalue weighted by molar-refractivity contribution is 0.124. The molecule has 0 aromatic heterocycles. The average Bonchev–Trinajstić information content (AvgIpc) is 2.97. The van der Waals surface area contributed by atoms with Crippen LogP contribution in [0.2, 0.25) is 0 Å². The van der Waals surface area contributed by atoms with E-state index in [1.165, 1.54) is 19.3 Å². The molecule has 90 valence electrons. The second-order valence-electron chi connectivity index (χ2n) is 4.68. The third-order valence-corrected chi connectivity index (χ3v) is 3.18. The van der Waals surface area contributed by atoms with Crippen molar-refractivity contribution < 1.29 is 9.47 Å². The van der Waals surface area contributed by atoms with Crippen LogP contribution in [-0.2, 0) is 9.47 Å². The van der Waals surface area contributed by atoms with E-state index >= 15 is 0 Å². The van der Waals surface area contributed by atoms with Gasteiger partial charge < -0.3 is 14.8 Å². The standard InChI is InChI=1S/C12H25NO2/c1-4-15-8-7-12(5-6-12)10-13-11(2)9-14-3/h11,13H,4-10H2,1-3H3. The minimum Gasteiger partial charge on any atom is -0.383 e. The fourth-order valence-corrected chi connectivity index (χ4v) is 1.82. The lowest BCUT2D eigenvalue weighted by atomic mass is 10.0. The van der Waals surface area contributed by atoms with E-state index in [9.17, 15) is 0 Å². The van der Waals surface area contributed by atoms with Gasteiger partial charge in [-0.05, 0) is 38.5 Å². The Morgan fingerprint density at radius 2 is 2.13 bits per heavy atom. The molecule has 1 aliphatic rings. The lowest BCUT2D eigenvalue weighted by Crippen LogP contribution is -2.35. The summed E-state index contributed by atoms with van der Waals surface area (Å²) >= 11 is 0. The Labute approximate surface area is 93.5 Å². The first-order chi connectivity index (χ1) is 7.22. The molecule has 1 fully saturated rings. The monoisotopic (exact) mass is 215 g/mol. The van der Waals surface area contributed by atoms with E-state index in [1.54, 1.807) is 7.11 Å². The van der Waals surface area contributed by atoms with Crippen LogP contribution in [-0.4, -0.2) is 39.5 Å². The highest BCUT2D eigenvalue weighted by Crippen LogP contribution is 2.48. The van der Waals surface area contributed by atoms with Crippen molar-refractivity contribution in [3.63, 3.8) is 0 Å². The van der Waals surface area contributed by atoms with Crippen LogP contribution in [0, 0.1) is 5.41 Å². The van der Waals surface area contributed by atoms with Gasteiger partial charge >= 0.3 is 0 Å². The molecule has 0 aromatic carbocycles. The number of rotatable bonds is 9. The zero-order valence-corrected chi connectivity index (χ0v) is 10.3. The van der Waals surface area contributed by atoms with Gasteiger partial charge in [0.1, 0.15) is 0 Å². The maximum Gasteiger partial charge on any atom is 0.0613 e. The van der Waals surface area contributed by atoms with Crippen LogP contribution in [0.25, 0.3) is 0 Å². The summed E-state index contributed by atoms with van der Waals surface area (Å²) in [7, 11) is 1.75. The Bertz CT molecular complexity index is 169. The van der Waals surface area contributed by atoms with Gasteiger partial charge in [0.2, 0.25) is 0 Å². The maximum atomic E-state index is 5.41. The predicted octanol–water partition coefficient (Wildman–Crippen LogP) is 1.82. The van der Waals surface area contributed by atoms with Crippen molar-refractivity contribution in [3.8, 4) is 0 Å². The molecule has 3 nitrogen and oxygen atoms in total. The summed E-state index contributed by atoms with van der Waals surface area (Å²) in [5.74, 6) is 0. The predicted molar refractivity (Wildman–Crippen MR) is 62.1 cm³/mol. The van der Waals surface area contributed by atoms with E-state index in [0.717, 1.165) is 26.4 Å². The first-order valence-electron chi connectivity index (χ1n) is 6.02. The van der Waals surface area contributed by atoms with Gasteiger partial charge in [-0.15, -0.1) is 0 Å². The molecule has 0 spiro atoms. The van der Waals surface area contributed by atoms with E-state index in [1.807, 2.05) is 0 Å². The van der Waals surface area contributed by atoms with Crippen LogP contribution in [0.1, 0.15) is 33.1 Å². The molecule has 0 radical (unpaired) electrons. The van der Waals surface area contributed by atoms with Crippen LogP contribution in [0.4, 0.5) is 0 Å². The third-order valence-electron chi connectivity index (χ3n) is 3.18. The minimum atomic E-state index is 0.458.